The molecule has 18 heavy (non-hydrogen) atoms. The Labute approximate surface area is 113 Å². The lowest BCUT2D eigenvalue weighted by atomic mass is 9.95. The molecule has 1 N–H and O–H groups in total. The monoisotopic (exact) mass is 272 g/mol. The first kappa shape index (κ1) is 15.2. The first-order chi connectivity index (χ1) is 8.54. The number of rotatable bonds is 7. The van der Waals surface area contributed by atoms with Crippen molar-refractivity contribution < 1.29 is 9.90 Å². The van der Waals surface area contributed by atoms with Gasteiger partial charge in [0.25, 0.3) is 0 Å². The van der Waals surface area contributed by atoms with Crippen molar-refractivity contribution in [2.45, 2.75) is 46.6 Å². The van der Waals surface area contributed by atoms with Crippen molar-refractivity contribution in [2.75, 3.05) is 6.61 Å². The van der Waals surface area contributed by atoms with Gasteiger partial charge < -0.3 is 5.11 Å². The summed E-state index contributed by atoms with van der Waals surface area (Å²) in [6.45, 7) is 6.32. The summed E-state index contributed by atoms with van der Waals surface area (Å²) in [6.07, 6.45) is 1.81. The summed E-state index contributed by atoms with van der Waals surface area (Å²) in [6, 6.07) is 0. The van der Waals surface area contributed by atoms with Crippen LogP contribution in [0.25, 0.3) is 0 Å². The predicted molar refractivity (Wildman–Crippen MR) is 71.9 cm³/mol. The number of nitrogens with zero attached hydrogens (tertiary/aromatic N) is 2. The number of carbonyl (C=O) groups is 1. The molecule has 1 atom stereocenters. The zero-order valence-electron chi connectivity index (χ0n) is 11.2. The van der Waals surface area contributed by atoms with Crippen LogP contribution in [0.15, 0.2) is 0 Å². The number of hydrogen-bond donors (Lipinski definition) is 1. The fourth-order valence-electron chi connectivity index (χ4n) is 2.05. The lowest BCUT2D eigenvalue weighted by Crippen LogP contribution is -2.18. The maximum atomic E-state index is 11.5. The van der Waals surface area contributed by atoms with E-state index in [9.17, 15) is 4.79 Å². The van der Waals surface area contributed by atoms with Crippen LogP contribution in [0.5, 0.6) is 0 Å². The summed E-state index contributed by atoms with van der Waals surface area (Å²) >= 11 is 6.30. The van der Waals surface area contributed by atoms with Gasteiger partial charge in [-0.05, 0) is 26.7 Å². The minimum atomic E-state index is -0.181. The number of carbonyl (C=O) groups excluding carboxylic acids is 1. The van der Waals surface area contributed by atoms with E-state index in [1.165, 1.54) is 0 Å². The normalized spacial score (nSPS) is 12.7. The van der Waals surface area contributed by atoms with E-state index < -0.39 is 0 Å². The van der Waals surface area contributed by atoms with Crippen molar-refractivity contribution in [1.82, 2.24) is 9.78 Å². The lowest BCUT2D eigenvalue weighted by Gasteiger charge is -2.13. The van der Waals surface area contributed by atoms with Gasteiger partial charge in [-0.3, -0.25) is 9.48 Å². The van der Waals surface area contributed by atoms with Crippen LogP contribution in [0.3, 0.4) is 0 Å². The van der Waals surface area contributed by atoms with Crippen molar-refractivity contribution >= 4 is 17.4 Å². The molecule has 0 amide bonds. The summed E-state index contributed by atoms with van der Waals surface area (Å²) in [5, 5.41) is 14.1. The molecule has 0 spiro atoms. The van der Waals surface area contributed by atoms with Gasteiger partial charge in [0, 0.05) is 25.5 Å². The molecule has 0 fully saturated rings. The van der Waals surface area contributed by atoms with Gasteiger partial charge in [-0.25, -0.2) is 0 Å². The predicted octanol–water partition coefficient (Wildman–Crippen LogP) is 2.25. The second-order valence-corrected chi connectivity index (χ2v) is 4.78. The molecule has 1 aromatic rings. The molecule has 0 aliphatic carbocycles. The zero-order chi connectivity index (χ0) is 13.7. The number of aromatic nitrogens is 2. The maximum Gasteiger partial charge on any atom is 0.133 e. The van der Waals surface area contributed by atoms with Crippen molar-refractivity contribution in [3.63, 3.8) is 0 Å². The van der Waals surface area contributed by atoms with E-state index >= 15 is 0 Å². The van der Waals surface area contributed by atoms with Crippen LogP contribution in [-0.4, -0.2) is 27.3 Å². The van der Waals surface area contributed by atoms with Gasteiger partial charge in [-0.2, -0.15) is 5.10 Å². The molecule has 102 valence electrons. The Morgan fingerprint density at radius 1 is 1.50 bits per heavy atom. The molecule has 1 heterocycles. The second kappa shape index (κ2) is 6.90. The number of aryl methyl sites for hydroxylation is 2. The molecule has 1 aromatic heterocycles. The topological polar surface area (TPSA) is 55.1 Å². The van der Waals surface area contributed by atoms with E-state index in [1.807, 2.05) is 18.5 Å². The van der Waals surface area contributed by atoms with E-state index in [1.54, 1.807) is 6.92 Å². The van der Waals surface area contributed by atoms with Crippen LogP contribution in [0.2, 0.25) is 5.02 Å². The van der Waals surface area contributed by atoms with E-state index in [0.29, 0.717) is 17.9 Å². The van der Waals surface area contributed by atoms with E-state index in [2.05, 4.69) is 5.10 Å². The summed E-state index contributed by atoms with van der Waals surface area (Å²) < 4.78 is 1.86. The molecule has 0 radical (unpaired) electrons. The quantitative estimate of drug-likeness (QED) is 0.828. The molecular formula is C13H21ClN2O2. The average Bonchev–Trinajstić information content (AvgIpc) is 2.65. The van der Waals surface area contributed by atoms with Crippen LogP contribution in [0.4, 0.5) is 0 Å². The van der Waals surface area contributed by atoms with Crippen LogP contribution >= 0.6 is 11.6 Å². The van der Waals surface area contributed by atoms with Gasteiger partial charge in [-0.1, -0.05) is 18.5 Å². The average molecular weight is 273 g/mol. The molecule has 0 saturated heterocycles. The maximum absolute atomic E-state index is 11.5. The van der Waals surface area contributed by atoms with Crippen LogP contribution in [0.1, 0.15) is 38.6 Å². The minimum Gasteiger partial charge on any atom is -0.396 e. The van der Waals surface area contributed by atoms with Gasteiger partial charge in [0.1, 0.15) is 5.78 Å². The number of aliphatic hydroxyl groups is 1. The van der Waals surface area contributed by atoms with Crippen molar-refractivity contribution in [2.24, 2.45) is 5.92 Å². The van der Waals surface area contributed by atoms with Gasteiger partial charge >= 0.3 is 0 Å². The Morgan fingerprint density at radius 3 is 2.61 bits per heavy atom. The number of Topliss-reactive ketones (excluding diaryl/α,β-unsaturated/α-hetero) is 1. The summed E-state index contributed by atoms with van der Waals surface area (Å²) in [5.74, 6) is -0.0961. The molecule has 0 aliphatic heterocycles. The highest BCUT2D eigenvalue weighted by Gasteiger charge is 2.21. The molecule has 0 aliphatic rings. The molecule has 1 rings (SSSR count). The molecular weight excluding hydrogens is 252 g/mol. The van der Waals surface area contributed by atoms with E-state index in [0.717, 1.165) is 24.4 Å². The first-order valence-corrected chi connectivity index (χ1v) is 6.78. The summed E-state index contributed by atoms with van der Waals surface area (Å²) in [4.78, 5) is 11.5. The fourth-order valence-corrected chi connectivity index (χ4v) is 2.40. The van der Waals surface area contributed by atoms with Gasteiger partial charge in [0.15, 0.2) is 0 Å². The van der Waals surface area contributed by atoms with Crippen molar-refractivity contribution in [3.8, 4) is 0 Å². The van der Waals surface area contributed by atoms with E-state index in [-0.39, 0.29) is 18.3 Å². The zero-order valence-corrected chi connectivity index (χ0v) is 12.0. The fraction of sp³-hybridized carbons (Fsp3) is 0.692. The highest BCUT2D eigenvalue weighted by Crippen LogP contribution is 2.25. The van der Waals surface area contributed by atoms with Gasteiger partial charge in [0.05, 0.1) is 16.4 Å². The molecule has 0 saturated carbocycles. The van der Waals surface area contributed by atoms with Crippen LogP contribution in [-0.2, 0) is 24.2 Å². The lowest BCUT2D eigenvalue weighted by molar-refractivity contribution is -0.121. The SMILES string of the molecule is CCc1nn(CC)c(CC(CCO)C(C)=O)c1Cl. The smallest absolute Gasteiger partial charge is 0.133 e. The Bertz CT molecular complexity index is 415. The number of halogens is 1. The number of ketones is 1. The van der Waals surface area contributed by atoms with Crippen molar-refractivity contribution in [1.29, 1.82) is 0 Å². The highest BCUT2D eigenvalue weighted by atomic mass is 35.5. The van der Waals surface area contributed by atoms with Gasteiger partial charge in [-0.15, -0.1) is 0 Å². The Morgan fingerprint density at radius 2 is 2.17 bits per heavy atom. The molecule has 1 unspecified atom stereocenters. The van der Waals surface area contributed by atoms with Crippen molar-refractivity contribution in [3.05, 3.63) is 16.4 Å². The molecule has 5 heteroatoms. The third-order valence-electron chi connectivity index (χ3n) is 3.19. The number of hydrogen-bond acceptors (Lipinski definition) is 3. The van der Waals surface area contributed by atoms with Crippen LogP contribution in [0, 0.1) is 5.92 Å². The summed E-state index contributed by atoms with van der Waals surface area (Å²) in [7, 11) is 0. The molecule has 0 aromatic carbocycles. The first-order valence-electron chi connectivity index (χ1n) is 6.40. The second-order valence-electron chi connectivity index (χ2n) is 4.40. The Hall–Kier alpha value is -0.870. The third-order valence-corrected chi connectivity index (χ3v) is 3.62. The minimum absolute atomic E-state index is 0.0166. The molecule has 4 nitrogen and oxygen atoms in total. The number of aliphatic hydroxyl groups excluding tert-OH is 1. The van der Waals surface area contributed by atoms with Gasteiger partial charge in [0.2, 0.25) is 0 Å². The standard InChI is InChI=1S/C13H21ClN2O2/c1-4-11-13(14)12(16(5-2)15-11)8-10(6-7-17)9(3)18/h10,17H,4-8H2,1-3H3. The Kier molecular flexibility index (Phi) is 5.82. The largest absolute Gasteiger partial charge is 0.396 e. The Balaban J connectivity index is 3.00. The third kappa shape index (κ3) is 3.33. The summed E-state index contributed by atoms with van der Waals surface area (Å²) in [5.41, 5.74) is 1.78. The molecule has 0 bridgehead atoms. The highest BCUT2D eigenvalue weighted by molar-refractivity contribution is 6.31. The van der Waals surface area contributed by atoms with Crippen LogP contribution < -0.4 is 0 Å². The van der Waals surface area contributed by atoms with E-state index in [4.69, 9.17) is 16.7 Å².